The lowest BCUT2D eigenvalue weighted by atomic mass is 10.2. The molecule has 0 unspecified atom stereocenters. The molecular formula is C8H7BrClNO3S. The van der Waals surface area contributed by atoms with Gasteiger partial charge >= 0.3 is 5.97 Å². The van der Waals surface area contributed by atoms with Crippen LogP contribution in [0.2, 0.25) is 4.34 Å². The molecule has 0 aliphatic carbocycles. The molecule has 1 aromatic rings. The van der Waals surface area contributed by atoms with Crippen molar-refractivity contribution in [2.75, 3.05) is 0 Å². The average Bonchev–Trinajstić information content (AvgIpc) is 2.46. The first-order chi connectivity index (χ1) is 7.04. The van der Waals surface area contributed by atoms with E-state index >= 15 is 0 Å². The number of nitrogens with one attached hydrogen (secondary N) is 1. The molecular weight excluding hydrogens is 306 g/mol. The van der Waals surface area contributed by atoms with Crippen LogP contribution in [-0.4, -0.2) is 17.5 Å². The number of carbonyl (C=O) groups excluding carboxylic acids is 1. The fraction of sp³-hybridized carbons (Fsp3) is 0.250. The van der Waals surface area contributed by atoms with E-state index < -0.39 is 12.0 Å². The maximum atomic E-state index is 10.6. The van der Waals surface area contributed by atoms with E-state index in [-0.39, 0.29) is 6.42 Å². The molecule has 0 aliphatic heterocycles. The highest BCUT2D eigenvalue weighted by Gasteiger charge is 2.18. The normalized spacial score (nSPS) is 12.1. The highest BCUT2D eigenvalue weighted by molar-refractivity contribution is 9.10. The predicted octanol–water partition coefficient (Wildman–Crippen LogP) is 2.43. The lowest BCUT2D eigenvalue weighted by Crippen LogP contribution is -2.21. The molecule has 1 rings (SSSR count). The van der Waals surface area contributed by atoms with Crippen LogP contribution in [0.5, 0.6) is 0 Å². The molecule has 0 saturated carbocycles. The van der Waals surface area contributed by atoms with Gasteiger partial charge in [0.25, 0.3) is 0 Å². The number of rotatable bonds is 5. The van der Waals surface area contributed by atoms with Crippen molar-refractivity contribution in [3.05, 3.63) is 19.8 Å². The molecule has 0 bridgehead atoms. The molecule has 0 fully saturated rings. The zero-order valence-corrected chi connectivity index (χ0v) is 10.5. The van der Waals surface area contributed by atoms with Gasteiger partial charge in [0.2, 0.25) is 6.41 Å². The van der Waals surface area contributed by atoms with Crippen LogP contribution in [0.15, 0.2) is 10.5 Å². The van der Waals surface area contributed by atoms with Crippen LogP contribution in [0.25, 0.3) is 0 Å². The van der Waals surface area contributed by atoms with E-state index in [4.69, 9.17) is 16.7 Å². The minimum absolute atomic E-state index is 0.165. The van der Waals surface area contributed by atoms with Crippen LogP contribution < -0.4 is 5.32 Å². The highest BCUT2D eigenvalue weighted by Crippen LogP contribution is 2.35. The zero-order valence-electron chi connectivity index (χ0n) is 7.37. The maximum Gasteiger partial charge on any atom is 0.305 e. The quantitative estimate of drug-likeness (QED) is 0.821. The minimum atomic E-state index is -0.977. The Morgan fingerprint density at radius 1 is 1.80 bits per heavy atom. The molecule has 2 N–H and O–H groups in total. The van der Waals surface area contributed by atoms with Crippen molar-refractivity contribution in [3.63, 3.8) is 0 Å². The fourth-order valence-corrected chi connectivity index (χ4v) is 2.83. The van der Waals surface area contributed by atoms with E-state index in [1.54, 1.807) is 6.07 Å². The monoisotopic (exact) mass is 311 g/mol. The Bertz CT molecular complexity index is 362. The van der Waals surface area contributed by atoms with E-state index in [1.807, 2.05) is 0 Å². The SMILES string of the molecule is O=CN[C@@H](CC(=O)O)c1cc(Br)c(Cl)s1. The van der Waals surface area contributed by atoms with Gasteiger partial charge in [0, 0.05) is 9.35 Å². The van der Waals surface area contributed by atoms with E-state index in [0.29, 0.717) is 20.1 Å². The summed E-state index contributed by atoms with van der Waals surface area (Å²) in [5, 5.41) is 11.1. The van der Waals surface area contributed by atoms with Crippen molar-refractivity contribution >= 4 is 51.2 Å². The Kier molecular flexibility index (Phi) is 4.56. The van der Waals surface area contributed by atoms with Crippen LogP contribution in [0.1, 0.15) is 17.3 Å². The van der Waals surface area contributed by atoms with Crippen LogP contribution in [0, 0.1) is 0 Å². The summed E-state index contributed by atoms with van der Waals surface area (Å²) in [7, 11) is 0. The molecule has 15 heavy (non-hydrogen) atoms. The maximum absolute atomic E-state index is 10.6. The van der Waals surface area contributed by atoms with Gasteiger partial charge in [-0.05, 0) is 22.0 Å². The second-order valence-electron chi connectivity index (χ2n) is 2.71. The summed E-state index contributed by atoms with van der Waals surface area (Å²) in [4.78, 5) is 21.6. The van der Waals surface area contributed by atoms with Gasteiger partial charge in [0.05, 0.1) is 12.5 Å². The van der Waals surface area contributed by atoms with Crippen molar-refractivity contribution < 1.29 is 14.7 Å². The first-order valence-electron chi connectivity index (χ1n) is 3.90. The summed E-state index contributed by atoms with van der Waals surface area (Å²) in [6.45, 7) is 0. The summed E-state index contributed by atoms with van der Waals surface area (Å²) >= 11 is 10.3. The standard InChI is InChI=1S/C8H7BrClNO3S/c9-4-1-6(15-8(4)10)5(11-3-12)2-7(13)14/h1,3,5H,2H2,(H,11,12)(H,13,14)/t5-/m0/s1. The number of carboxylic acids is 1. The number of hydrogen-bond acceptors (Lipinski definition) is 3. The zero-order chi connectivity index (χ0) is 11.4. The van der Waals surface area contributed by atoms with Gasteiger partial charge in [-0.2, -0.15) is 0 Å². The lowest BCUT2D eigenvalue weighted by molar-refractivity contribution is -0.137. The number of thiophene rings is 1. The van der Waals surface area contributed by atoms with E-state index in [2.05, 4.69) is 21.2 Å². The topological polar surface area (TPSA) is 66.4 Å². The molecule has 0 aliphatic rings. The van der Waals surface area contributed by atoms with Crippen LogP contribution in [0.4, 0.5) is 0 Å². The van der Waals surface area contributed by atoms with Crippen molar-refractivity contribution in [2.45, 2.75) is 12.5 Å². The van der Waals surface area contributed by atoms with Crippen LogP contribution in [0.3, 0.4) is 0 Å². The third-order valence-electron chi connectivity index (χ3n) is 1.66. The molecule has 4 nitrogen and oxygen atoms in total. The third-order valence-corrected chi connectivity index (χ3v) is 4.24. The third kappa shape index (κ3) is 3.48. The summed E-state index contributed by atoms with van der Waals surface area (Å²) in [6.07, 6.45) is 0.317. The molecule has 82 valence electrons. The molecule has 0 radical (unpaired) electrons. The Hall–Kier alpha value is -0.590. The van der Waals surface area contributed by atoms with E-state index in [0.717, 1.165) is 0 Å². The van der Waals surface area contributed by atoms with Gasteiger partial charge in [-0.15, -0.1) is 11.3 Å². The molecule has 0 saturated heterocycles. The Labute approximate surface area is 103 Å². The van der Waals surface area contributed by atoms with Gasteiger partial charge < -0.3 is 10.4 Å². The molecule has 1 aromatic heterocycles. The number of carboxylic acid groups (broad SMARTS) is 1. The van der Waals surface area contributed by atoms with Crippen molar-refractivity contribution in [1.29, 1.82) is 0 Å². The molecule has 7 heteroatoms. The van der Waals surface area contributed by atoms with Gasteiger partial charge in [0.15, 0.2) is 0 Å². The second kappa shape index (κ2) is 5.48. The number of aliphatic carboxylic acids is 1. The van der Waals surface area contributed by atoms with Crippen LogP contribution in [-0.2, 0) is 9.59 Å². The number of carbonyl (C=O) groups is 2. The van der Waals surface area contributed by atoms with Gasteiger partial charge in [-0.1, -0.05) is 11.6 Å². The molecule has 1 amide bonds. The van der Waals surface area contributed by atoms with Crippen molar-refractivity contribution in [3.8, 4) is 0 Å². The Morgan fingerprint density at radius 3 is 2.87 bits per heavy atom. The summed E-state index contributed by atoms with van der Waals surface area (Å²) in [5.41, 5.74) is 0. The van der Waals surface area contributed by atoms with E-state index in [1.165, 1.54) is 11.3 Å². The van der Waals surface area contributed by atoms with Gasteiger partial charge in [-0.25, -0.2) is 0 Å². The Balaban J connectivity index is 2.87. The smallest absolute Gasteiger partial charge is 0.305 e. The first-order valence-corrected chi connectivity index (χ1v) is 5.89. The Morgan fingerprint density at radius 2 is 2.47 bits per heavy atom. The number of hydrogen-bond donors (Lipinski definition) is 2. The average molecular weight is 313 g/mol. The minimum Gasteiger partial charge on any atom is -0.481 e. The highest BCUT2D eigenvalue weighted by atomic mass is 79.9. The first kappa shape index (κ1) is 12.5. The second-order valence-corrected chi connectivity index (χ2v) is 5.25. The summed E-state index contributed by atoms with van der Waals surface area (Å²) in [6, 6.07) is 1.17. The van der Waals surface area contributed by atoms with Gasteiger partial charge in [-0.3, -0.25) is 9.59 Å². The van der Waals surface area contributed by atoms with Gasteiger partial charge in [0.1, 0.15) is 4.34 Å². The van der Waals surface area contributed by atoms with Crippen molar-refractivity contribution in [1.82, 2.24) is 5.32 Å². The number of halogens is 2. The largest absolute Gasteiger partial charge is 0.481 e. The van der Waals surface area contributed by atoms with Crippen LogP contribution >= 0.6 is 38.9 Å². The molecule has 1 atom stereocenters. The lowest BCUT2D eigenvalue weighted by Gasteiger charge is -2.10. The fourth-order valence-electron chi connectivity index (χ4n) is 1.03. The summed E-state index contributed by atoms with van der Waals surface area (Å²) < 4.78 is 1.24. The predicted molar refractivity (Wildman–Crippen MR) is 61.2 cm³/mol. The molecule has 0 aromatic carbocycles. The van der Waals surface area contributed by atoms with E-state index in [9.17, 15) is 9.59 Å². The van der Waals surface area contributed by atoms with Crippen molar-refractivity contribution in [2.24, 2.45) is 0 Å². The molecule has 0 spiro atoms. The summed E-state index contributed by atoms with van der Waals surface area (Å²) in [5.74, 6) is -0.977. The number of amides is 1. The molecule has 1 heterocycles.